The van der Waals surface area contributed by atoms with Crippen LogP contribution in [0.1, 0.15) is 27.2 Å². The van der Waals surface area contributed by atoms with Gasteiger partial charge in [-0.05, 0) is 56.7 Å². The number of ether oxygens (including phenoxy) is 1. The lowest BCUT2D eigenvalue weighted by Crippen LogP contribution is -2.47. The fourth-order valence-corrected chi connectivity index (χ4v) is 4.13. The van der Waals surface area contributed by atoms with Crippen molar-refractivity contribution in [3.63, 3.8) is 0 Å². The van der Waals surface area contributed by atoms with Crippen LogP contribution in [0.5, 0.6) is 5.75 Å². The molecule has 6 nitrogen and oxygen atoms in total. The van der Waals surface area contributed by atoms with Crippen LogP contribution in [0.2, 0.25) is 5.02 Å². The van der Waals surface area contributed by atoms with Gasteiger partial charge in [0, 0.05) is 5.02 Å². The van der Waals surface area contributed by atoms with E-state index in [9.17, 15) is 13.2 Å². The van der Waals surface area contributed by atoms with Crippen molar-refractivity contribution in [1.82, 2.24) is 0 Å². The highest BCUT2D eigenvalue weighted by molar-refractivity contribution is 7.92. The minimum absolute atomic E-state index is 0.0680. The molecule has 1 amide bonds. The molecule has 0 aliphatic heterocycles. The topological polar surface area (TPSA) is 75.7 Å². The maximum atomic E-state index is 13.0. The number of benzene rings is 2. The van der Waals surface area contributed by atoms with Crippen molar-refractivity contribution in [2.75, 3.05) is 15.9 Å². The van der Waals surface area contributed by atoms with Crippen molar-refractivity contribution in [3.05, 3.63) is 53.6 Å². The van der Waals surface area contributed by atoms with Gasteiger partial charge in [0.05, 0.1) is 23.7 Å². The van der Waals surface area contributed by atoms with E-state index in [1.54, 1.807) is 55.5 Å². The molecule has 1 unspecified atom stereocenters. The Bertz CT molecular complexity index is 914. The van der Waals surface area contributed by atoms with Crippen LogP contribution < -0.4 is 14.4 Å². The number of rotatable bonds is 8. The Morgan fingerprint density at radius 3 is 2.29 bits per heavy atom. The predicted octanol–water partition coefficient (Wildman–Crippen LogP) is 4.31. The molecule has 2 aromatic rings. The summed E-state index contributed by atoms with van der Waals surface area (Å²) in [5.74, 6) is 0.0841. The largest absolute Gasteiger partial charge is 0.489 e. The van der Waals surface area contributed by atoms with Crippen molar-refractivity contribution in [1.29, 1.82) is 0 Å². The highest BCUT2D eigenvalue weighted by Gasteiger charge is 2.31. The zero-order chi connectivity index (χ0) is 20.9. The van der Waals surface area contributed by atoms with Gasteiger partial charge < -0.3 is 10.1 Å². The Balaban J connectivity index is 2.36. The molecular formula is C20H25ClN2O4S. The Hall–Kier alpha value is -2.25. The van der Waals surface area contributed by atoms with Gasteiger partial charge >= 0.3 is 0 Å². The SMILES string of the molecule is CCC(C(=O)Nc1ccccc1OC(C)C)N(c1ccc(Cl)cc1)S(C)(=O)=O. The van der Waals surface area contributed by atoms with E-state index in [1.165, 1.54) is 0 Å². The lowest BCUT2D eigenvalue weighted by molar-refractivity contribution is -0.117. The molecule has 0 saturated carbocycles. The first kappa shape index (κ1) is 22.0. The van der Waals surface area contributed by atoms with E-state index in [-0.39, 0.29) is 12.5 Å². The smallest absolute Gasteiger partial charge is 0.248 e. The predicted molar refractivity (Wildman–Crippen MR) is 114 cm³/mol. The molecule has 0 aromatic heterocycles. The maximum Gasteiger partial charge on any atom is 0.248 e. The Morgan fingerprint density at radius 2 is 1.75 bits per heavy atom. The average Bonchev–Trinajstić information content (AvgIpc) is 2.60. The Morgan fingerprint density at radius 1 is 1.14 bits per heavy atom. The first-order chi connectivity index (χ1) is 13.1. The van der Waals surface area contributed by atoms with Gasteiger partial charge in [0.25, 0.3) is 0 Å². The zero-order valence-corrected chi connectivity index (χ0v) is 17.9. The van der Waals surface area contributed by atoms with E-state index in [0.717, 1.165) is 10.6 Å². The third-order valence-electron chi connectivity index (χ3n) is 3.92. The number of amides is 1. The highest BCUT2D eigenvalue weighted by Crippen LogP contribution is 2.28. The fraction of sp³-hybridized carbons (Fsp3) is 0.350. The van der Waals surface area contributed by atoms with E-state index in [2.05, 4.69) is 5.32 Å². The summed E-state index contributed by atoms with van der Waals surface area (Å²) >= 11 is 5.91. The summed E-state index contributed by atoms with van der Waals surface area (Å²) < 4.78 is 31.8. The molecule has 1 atom stereocenters. The Labute approximate surface area is 171 Å². The van der Waals surface area contributed by atoms with Crippen molar-refractivity contribution in [3.8, 4) is 5.75 Å². The number of carbonyl (C=O) groups is 1. The average molecular weight is 425 g/mol. The molecule has 0 aliphatic carbocycles. The summed E-state index contributed by atoms with van der Waals surface area (Å²) in [7, 11) is -3.71. The van der Waals surface area contributed by atoms with Gasteiger partial charge in [0.1, 0.15) is 11.8 Å². The third kappa shape index (κ3) is 5.62. The molecule has 0 aliphatic rings. The van der Waals surface area contributed by atoms with E-state index >= 15 is 0 Å². The second-order valence-electron chi connectivity index (χ2n) is 6.61. The standard InChI is InChI=1S/C20H25ClN2O4S/c1-5-18(23(28(4,25)26)16-12-10-15(21)11-13-16)20(24)22-17-8-6-7-9-19(17)27-14(2)3/h6-14,18H,5H2,1-4H3,(H,22,24). The van der Waals surface area contributed by atoms with Crippen LogP contribution in [0.15, 0.2) is 48.5 Å². The van der Waals surface area contributed by atoms with Crippen molar-refractivity contribution < 1.29 is 17.9 Å². The zero-order valence-electron chi connectivity index (χ0n) is 16.3. The number of nitrogens with one attached hydrogen (secondary N) is 1. The van der Waals surface area contributed by atoms with E-state index in [0.29, 0.717) is 22.1 Å². The number of hydrogen-bond acceptors (Lipinski definition) is 4. The van der Waals surface area contributed by atoms with Crippen LogP contribution >= 0.6 is 11.6 Å². The van der Waals surface area contributed by atoms with Gasteiger partial charge in [-0.25, -0.2) is 8.42 Å². The fourth-order valence-electron chi connectivity index (χ4n) is 2.79. The molecule has 0 saturated heterocycles. The van der Waals surface area contributed by atoms with Gasteiger partial charge in [0.2, 0.25) is 15.9 Å². The third-order valence-corrected chi connectivity index (χ3v) is 5.35. The molecular weight excluding hydrogens is 400 g/mol. The molecule has 2 rings (SSSR count). The van der Waals surface area contributed by atoms with Crippen molar-refractivity contribution in [2.45, 2.75) is 39.3 Å². The van der Waals surface area contributed by atoms with Gasteiger partial charge in [-0.1, -0.05) is 30.7 Å². The number of halogens is 1. The molecule has 0 heterocycles. The van der Waals surface area contributed by atoms with Crippen LogP contribution in [0.3, 0.4) is 0 Å². The van der Waals surface area contributed by atoms with Crippen LogP contribution in [-0.2, 0) is 14.8 Å². The van der Waals surface area contributed by atoms with E-state index in [4.69, 9.17) is 16.3 Å². The Kier molecular flexibility index (Phi) is 7.32. The van der Waals surface area contributed by atoms with Gasteiger partial charge in [-0.2, -0.15) is 0 Å². The van der Waals surface area contributed by atoms with Crippen molar-refractivity contribution >= 4 is 38.9 Å². The molecule has 2 aromatic carbocycles. The molecule has 0 spiro atoms. The normalized spacial score (nSPS) is 12.5. The van der Waals surface area contributed by atoms with Crippen LogP contribution in [-0.4, -0.2) is 32.7 Å². The molecule has 8 heteroatoms. The monoisotopic (exact) mass is 424 g/mol. The number of anilines is 2. The lowest BCUT2D eigenvalue weighted by Gasteiger charge is -2.30. The van der Waals surface area contributed by atoms with E-state index < -0.39 is 22.0 Å². The summed E-state index contributed by atoms with van der Waals surface area (Å²) in [4.78, 5) is 13.0. The summed E-state index contributed by atoms with van der Waals surface area (Å²) in [6.07, 6.45) is 1.30. The lowest BCUT2D eigenvalue weighted by atomic mass is 10.1. The van der Waals surface area contributed by atoms with Crippen LogP contribution in [0.4, 0.5) is 11.4 Å². The minimum Gasteiger partial charge on any atom is -0.489 e. The molecule has 0 bridgehead atoms. The van der Waals surface area contributed by atoms with Gasteiger partial charge in [0.15, 0.2) is 0 Å². The van der Waals surface area contributed by atoms with Crippen LogP contribution in [0.25, 0.3) is 0 Å². The molecule has 152 valence electrons. The first-order valence-corrected chi connectivity index (χ1v) is 11.2. The number of nitrogens with zero attached hydrogens (tertiary/aromatic N) is 1. The van der Waals surface area contributed by atoms with Crippen LogP contribution in [0, 0.1) is 0 Å². The quantitative estimate of drug-likeness (QED) is 0.685. The number of para-hydroxylation sites is 2. The highest BCUT2D eigenvalue weighted by atomic mass is 35.5. The van der Waals surface area contributed by atoms with Crippen molar-refractivity contribution in [2.24, 2.45) is 0 Å². The second-order valence-corrected chi connectivity index (χ2v) is 8.91. The van der Waals surface area contributed by atoms with Gasteiger partial charge in [-0.15, -0.1) is 0 Å². The molecule has 0 radical (unpaired) electrons. The number of sulfonamides is 1. The summed E-state index contributed by atoms with van der Waals surface area (Å²) in [6.45, 7) is 5.54. The first-order valence-electron chi connectivity index (χ1n) is 8.95. The minimum atomic E-state index is -3.71. The number of carbonyl (C=O) groups excluding carboxylic acids is 1. The summed E-state index contributed by atoms with van der Waals surface area (Å²) in [6, 6.07) is 12.5. The summed E-state index contributed by atoms with van der Waals surface area (Å²) in [5, 5.41) is 3.29. The molecule has 1 N–H and O–H groups in total. The molecule has 28 heavy (non-hydrogen) atoms. The van der Waals surface area contributed by atoms with E-state index in [1.807, 2.05) is 13.8 Å². The number of hydrogen-bond donors (Lipinski definition) is 1. The molecule has 0 fully saturated rings. The summed E-state index contributed by atoms with van der Waals surface area (Å²) in [5.41, 5.74) is 0.866. The van der Waals surface area contributed by atoms with Gasteiger partial charge in [-0.3, -0.25) is 9.10 Å². The second kappa shape index (κ2) is 9.30. The maximum absolute atomic E-state index is 13.0.